The van der Waals surface area contributed by atoms with Gasteiger partial charge in [0.25, 0.3) is 5.91 Å². The highest BCUT2D eigenvalue weighted by atomic mass is 19.4. The number of carbonyl (C=O) groups is 2. The summed E-state index contributed by atoms with van der Waals surface area (Å²) < 4.78 is 40.7. The van der Waals surface area contributed by atoms with Gasteiger partial charge in [0.15, 0.2) is 5.69 Å². The van der Waals surface area contributed by atoms with Crippen LogP contribution in [0.3, 0.4) is 0 Å². The standard InChI is InChI=1S/C14H18F3N3O3/c1-8(2)20-10(14(15,16)17)9(6-18-20)11(21)19-5-4-13(3,7-19)12(22)23/h6,8H,4-5,7H2,1-3H3,(H,22,23)/t13-/m1/s1. The number of hydrogen-bond acceptors (Lipinski definition) is 3. The lowest BCUT2D eigenvalue weighted by Crippen LogP contribution is -2.35. The van der Waals surface area contributed by atoms with Gasteiger partial charge in [-0.3, -0.25) is 14.3 Å². The molecule has 1 fully saturated rings. The monoisotopic (exact) mass is 333 g/mol. The Hall–Kier alpha value is -2.06. The van der Waals surface area contributed by atoms with E-state index in [1.54, 1.807) is 0 Å². The van der Waals surface area contributed by atoms with Crippen LogP contribution in [0.4, 0.5) is 13.2 Å². The molecule has 1 aromatic heterocycles. The minimum Gasteiger partial charge on any atom is -0.481 e. The highest BCUT2D eigenvalue weighted by Crippen LogP contribution is 2.36. The topological polar surface area (TPSA) is 75.4 Å². The van der Waals surface area contributed by atoms with Gasteiger partial charge in [0, 0.05) is 19.1 Å². The fourth-order valence-corrected chi connectivity index (χ4v) is 2.67. The minimum absolute atomic E-state index is 0.103. The maximum atomic E-state index is 13.3. The van der Waals surface area contributed by atoms with Crippen molar-refractivity contribution in [2.45, 2.75) is 39.4 Å². The van der Waals surface area contributed by atoms with Crippen molar-refractivity contribution in [2.24, 2.45) is 5.41 Å². The number of carboxylic acids is 1. The number of amides is 1. The van der Waals surface area contributed by atoms with Crippen LogP contribution in [0.25, 0.3) is 0 Å². The second-order valence-electron chi connectivity index (χ2n) is 6.29. The Labute approximate surface area is 130 Å². The summed E-state index contributed by atoms with van der Waals surface area (Å²) >= 11 is 0. The molecule has 0 bridgehead atoms. The first-order valence-corrected chi connectivity index (χ1v) is 7.15. The third kappa shape index (κ3) is 3.04. The molecule has 0 aliphatic carbocycles. The summed E-state index contributed by atoms with van der Waals surface area (Å²) in [5.74, 6) is -1.91. The number of likely N-dealkylation sites (tertiary alicyclic amines) is 1. The molecule has 2 heterocycles. The van der Waals surface area contributed by atoms with E-state index in [2.05, 4.69) is 5.10 Å². The van der Waals surface area contributed by atoms with Crippen molar-refractivity contribution >= 4 is 11.9 Å². The van der Waals surface area contributed by atoms with Crippen molar-refractivity contribution in [1.82, 2.24) is 14.7 Å². The van der Waals surface area contributed by atoms with Crippen LogP contribution in [0.2, 0.25) is 0 Å². The zero-order chi connectivity index (χ0) is 17.6. The number of rotatable bonds is 3. The molecule has 2 rings (SSSR count). The van der Waals surface area contributed by atoms with Crippen LogP contribution < -0.4 is 0 Å². The quantitative estimate of drug-likeness (QED) is 0.922. The normalized spacial score (nSPS) is 22.0. The van der Waals surface area contributed by atoms with Crippen molar-refractivity contribution in [3.63, 3.8) is 0 Å². The Bertz CT molecular complexity index is 639. The molecule has 0 aromatic carbocycles. The fraction of sp³-hybridized carbons (Fsp3) is 0.643. The largest absolute Gasteiger partial charge is 0.481 e. The van der Waals surface area contributed by atoms with Gasteiger partial charge < -0.3 is 10.0 Å². The predicted molar refractivity (Wildman–Crippen MR) is 73.9 cm³/mol. The van der Waals surface area contributed by atoms with Crippen LogP contribution in [0.5, 0.6) is 0 Å². The van der Waals surface area contributed by atoms with E-state index in [1.807, 2.05) is 0 Å². The highest BCUT2D eigenvalue weighted by molar-refractivity contribution is 5.96. The van der Waals surface area contributed by atoms with Crippen LogP contribution >= 0.6 is 0 Å². The molecule has 1 amide bonds. The second kappa shape index (κ2) is 5.54. The molecule has 0 saturated carbocycles. The minimum atomic E-state index is -4.72. The Balaban J connectivity index is 2.37. The molecule has 0 radical (unpaired) electrons. The van der Waals surface area contributed by atoms with E-state index in [4.69, 9.17) is 5.11 Å². The summed E-state index contributed by atoms with van der Waals surface area (Å²) in [6.45, 7) is 4.53. The van der Waals surface area contributed by atoms with Crippen LogP contribution in [0.15, 0.2) is 6.20 Å². The van der Waals surface area contributed by atoms with Crippen molar-refractivity contribution in [3.05, 3.63) is 17.5 Å². The zero-order valence-corrected chi connectivity index (χ0v) is 13.0. The Morgan fingerprint density at radius 3 is 2.43 bits per heavy atom. The highest BCUT2D eigenvalue weighted by Gasteiger charge is 2.46. The SMILES string of the molecule is CC(C)n1ncc(C(=O)N2CC[C@@](C)(C(=O)O)C2)c1C(F)(F)F. The average Bonchev–Trinajstić information content (AvgIpc) is 3.01. The summed E-state index contributed by atoms with van der Waals surface area (Å²) in [6, 6.07) is -0.559. The summed E-state index contributed by atoms with van der Waals surface area (Å²) in [5, 5.41) is 12.8. The van der Waals surface area contributed by atoms with Crippen molar-refractivity contribution in [1.29, 1.82) is 0 Å². The summed E-state index contributed by atoms with van der Waals surface area (Å²) in [4.78, 5) is 24.8. The molecule has 1 N–H and O–H groups in total. The summed E-state index contributed by atoms with van der Waals surface area (Å²) in [7, 11) is 0. The van der Waals surface area contributed by atoms with E-state index in [1.165, 1.54) is 20.8 Å². The van der Waals surface area contributed by atoms with Gasteiger partial charge in [-0.25, -0.2) is 0 Å². The number of carbonyl (C=O) groups excluding carboxylic acids is 1. The molecule has 6 nitrogen and oxygen atoms in total. The number of aromatic nitrogens is 2. The lowest BCUT2D eigenvalue weighted by molar-refractivity contribution is -0.147. The predicted octanol–water partition coefficient (Wildman–Crippen LogP) is 2.42. The number of hydrogen-bond donors (Lipinski definition) is 1. The van der Waals surface area contributed by atoms with Gasteiger partial charge >= 0.3 is 12.1 Å². The maximum absolute atomic E-state index is 13.3. The molecule has 0 spiro atoms. The van der Waals surface area contributed by atoms with E-state index in [0.717, 1.165) is 15.8 Å². The number of halogens is 3. The van der Waals surface area contributed by atoms with Crippen LogP contribution in [0, 0.1) is 5.41 Å². The first-order valence-electron chi connectivity index (χ1n) is 7.15. The van der Waals surface area contributed by atoms with Gasteiger partial charge in [-0.2, -0.15) is 18.3 Å². The first-order chi connectivity index (χ1) is 10.5. The van der Waals surface area contributed by atoms with E-state index < -0.39 is 40.8 Å². The Morgan fingerprint density at radius 2 is 2.00 bits per heavy atom. The zero-order valence-electron chi connectivity index (χ0n) is 13.0. The smallest absolute Gasteiger partial charge is 0.433 e. The lowest BCUT2D eigenvalue weighted by Gasteiger charge is -2.21. The molecule has 0 unspecified atom stereocenters. The van der Waals surface area contributed by atoms with E-state index in [9.17, 15) is 22.8 Å². The molecule has 1 saturated heterocycles. The lowest BCUT2D eigenvalue weighted by atomic mass is 9.90. The number of aliphatic carboxylic acids is 1. The molecule has 128 valence electrons. The van der Waals surface area contributed by atoms with Gasteiger partial charge in [0.1, 0.15) is 0 Å². The number of carboxylic acid groups (broad SMARTS) is 1. The first kappa shape index (κ1) is 17.3. The van der Waals surface area contributed by atoms with Gasteiger partial charge in [0.05, 0.1) is 17.2 Å². The van der Waals surface area contributed by atoms with Crippen molar-refractivity contribution in [3.8, 4) is 0 Å². The van der Waals surface area contributed by atoms with E-state index in [0.29, 0.717) is 0 Å². The molecule has 1 aromatic rings. The van der Waals surface area contributed by atoms with Gasteiger partial charge in [-0.05, 0) is 27.2 Å². The van der Waals surface area contributed by atoms with Gasteiger partial charge in [-0.15, -0.1) is 0 Å². The van der Waals surface area contributed by atoms with Crippen molar-refractivity contribution < 1.29 is 27.9 Å². The Kier molecular flexibility index (Phi) is 4.16. The summed E-state index contributed by atoms with van der Waals surface area (Å²) in [5.41, 5.74) is -2.77. The fourth-order valence-electron chi connectivity index (χ4n) is 2.67. The summed E-state index contributed by atoms with van der Waals surface area (Å²) in [6.07, 6.45) is -3.61. The van der Waals surface area contributed by atoms with Crippen LogP contribution in [0.1, 0.15) is 49.3 Å². The Morgan fingerprint density at radius 1 is 1.39 bits per heavy atom. The van der Waals surface area contributed by atoms with Crippen LogP contribution in [-0.4, -0.2) is 44.8 Å². The molecule has 1 aliphatic rings. The third-order valence-electron chi connectivity index (χ3n) is 4.06. The average molecular weight is 333 g/mol. The molecule has 9 heteroatoms. The third-order valence-corrected chi connectivity index (χ3v) is 4.06. The van der Waals surface area contributed by atoms with Crippen LogP contribution in [-0.2, 0) is 11.0 Å². The van der Waals surface area contributed by atoms with Crippen molar-refractivity contribution in [2.75, 3.05) is 13.1 Å². The maximum Gasteiger partial charge on any atom is 0.433 e. The van der Waals surface area contributed by atoms with Gasteiger partial charge in [-0.1, -0.05) is 0 Å². The second-order valence-corrected chi connectivity index (χ2v) is 6.29. The van der Waals surface area contributed by atoms with E-state index >= 15 is 0 Å². The number of alkyl halides is 3. The molecule has 1 aliphatic heterocycles. The molecular formula is C14H18F3N3O3. The van der Waals surface area contributed by atoms with Gasteiger partial charge in [0.2, 0.25) is 0 Å². The van der Waals surface area contributed by atoms with E-state index in [-0.39, 0.29) is 19.5 Å². The molecule has 23 heavy (non-hydrogen) atoms. The number of nitrogens with zero attached hydrogens (tertiary/aromatic N) is 3. The molecule has 1 atom stereocenters. The molecular weight excluding hydrogens is 315 g/mol.